The minimum absolute atomic E-state index is 0.194. The topological polar surface area (TPSA) is 69.6 Å². The van der Waals surface area contributed by atoms with Gasteiger partial charge in [0.15, 0.2) is 0 Å². The summed E-state index contributed by atoms with van der Waals surface area (Å²) in [5.41, 5.74) is 2.86. The first-order chi connectivity index (χ1) is 14.0. The molecule has 152 valence electrons. The standard InChI is InChI=1S/C22H25N2O4P/c1-3-27-29(26,28-4-2)17-18-11-13-19(14-12-18)23-22(25)20-9-5-6-10-21(20)24-15-7-8-16-24/h5-16H,3-4,17H2,1-2H3,(H,23,25). The SMILES string of the molecule is CCOP(=O)(Cc1ccc(NC(=O)c2ccccc2-n2cccc2)cc1)OCC. The van der Waals surface area contributed by atoms with Gasteiger partial charge in [0.05, 0.1) is 30.6 Å². The maximum atomic E-state index is 12.8. The van der Waals surface area contributed by atoms with Crippen molar-refractivity contribution >= 4 is 19.2 Å². The van der Waals surface area contributed by atoms with Gasteiger partial charge < -0.3 is 18.9 Å². The van der Waals surface area contributed by atoms with Crippen LogP contribution in [0.3, 0.4) is 0 Å². The van der Waals surface area contributed by atoms with Crippen LogP contribution >= 0.6 is 7.60 Å². The lowest BCUT2D eigenvalue weighted by molar-refractivity contribution is 0.102. The van der Waals surface area contributed by atoms with Crippen molar-refractivity contribution in [3.63, 3.8) is 0 Å². The van der Waals surface area contributed by atoms with Crippen molar-refractivity contribution in [2.75, 3.05) is 18.5 Å². The van der Waals surface area contributed by atoms with Crippen molar-refractivity contribution in [2.45, 2.75) is 20.0 Å². The van der Waals surface area contributed by atoms with Gasteiger partial charge in [0.25, 0.3) is 5.91 Å². The third-order valence-corrected chi connectivity index (χ3v) is 6.33. The average Bonchev–Trinajstić information content (AvgIpc) is 3.24. The van der Waals surface area contributed by atoms with Crippen LogP contribution in [-0.2, 0) is 19.8 Å². The highest BCUT2D eigenvalue weighted by atomic mass is 31.2. The molecule has 0 fully saturated rings. The lowest BCUT2D eigenvalue weighted by Crippen LogP contribution is -2.14. The van der Waals surface area contributed by atoms with Gasteiger partial charge in [-0.05, 0) is 55.8 Å². The highest BCUT2D eigenvalue weighted by molar-refractivity contribution is 7.53. The first kappa shape index (κ1) is 21.1. The van der Waals surface area contributed by atoms with Gasteiger partial charge in [0.1, 0.15) is 0 Å². The van der Waals surface area contributed by atoms with E-state index in [-0.39, 0.29) is 12.1 Å². The Kier molecular flexibility index (Phi) is 7.04. The summed E-state index contributed by atoms with van der Waals surface area (Å²) in [5, 5.41) is 2.92. The third kappa shape index (κ3) is 5.45. The molecule has 3 aromatic rings. The van der Waals surface area contributed by atoms with Crippen molar-refractivity contribution in [3.8, 4) is 5.69 Å². The zero-order valence-corrected chi connectivity index (χ0v) is 17.5. The molecule has 0 atom stereocenters. The molecule has 0 spiro atoms. The van der Waals surface area contributed by atoms with Gasteiger partial charge in [0.2, 0.25) is 0 Å². The molecule has 0 aliphatic heterocycles. The van der Waals surface area contributed by atoms with Crippen molar-refractivity contribution in [1.82, 2.24) is 4.57 Å². The molecule has 1 N–H and O–H groups in total. The van der Waals surface area contributed by atoms with Crippen molar-refractivity contribution < 1.29 is 18.4 Å². The second kappa shape index (κ2) is 9.70. The molecule has 0 bridgehead atoms. The van der Waals surface area contributed by atoms with Crippen LogP contribution in [0, 0.1) is 0 Å². The van der Waals surface area contributed by atoms with E-state index in [4.69, 9.17) is 9.05 Å². The van der Waals surface area contributed by atoms with E-state index < -0.39 is 7.60 Å². The number of benzene rings is 2. The van der Waals surface area contributed by atoms with E-state index in [0.29, 0.717) is 24.5 Å². The Hall–Kier alpha value is -2.66. The number of rotatable bonds is 9. The van der Waals surface area contributed by atoms with Crippen LogP contribution < -0.4 is 5.32 Å². The normalized spacial score (nSPS) is 11.4. The zero-order chi connectivity index (χ0) is 20.7. The van der Waals surface area contributed by atoms with Gasteiger partial charge in [0, 0.05) is 18.1 Å². The van der Waals surface area contributed by atoms with Gasteiger partial charge in [-0.1, -0.05) is 24.3 Å². The molecule has 0 saturated heterocycles. The van der Waals surface area contributed by atoms with E-state index >= 15 is 0 Å². The molecule has 1 aromatic heterocycles. The predicted molar refractivity (Wildman–Crippen MR) is 115 cm³/mol. The molecular formula is C22H25N2O4P. The van der Waals surface area contributed by atoms with Crippen LogP contribution in [0.5, 0.6) is 0 Å². The number of hydrogen-bond donors (Lipinski definition) is 1. The Labute approximate surface area is 171 Å². The molecule has 0 unspecified atom stereocenters. The van der Waals surface area contributed by atoms with Crippen molar-refractivity contribution in [3.05, 3.63) is 84.2 Å². The summed E-state index contributed by atoms with van der Waals surface area (Å²) < 4.78 is 25.2. The number of nitrogens with one attached hydrogen (secondary N) is 1. The van der Waals surface area contributed by atoms with E-state index in [2.05, 4.69) is 5.32 Å². The number of para-hydroxylation sites is 1. The summed E-state index contributed by atoms with van der Waals surface area (Å²) in [5.74, 6) is -0.198. The number of anilines is 1. The van der Waals surface area contributed by atoms with Gasteiger partial charge in [-0.25, -0.2) is 0 Å². The van der Waals surface area contributed by atoms with E-state index in [1.54, 1.807) is 32.0 Å². The van der Waals surface area contributed by atoms with Gasteiger partial charge >= 0.3 is 7.60 Å². The summed E-state index contributed by atoms with van der Waals surface area (Å²) in [6.07, 6.45) is 3.99. The molecule has 1 amide bonds. The number of amides is 1. The monoisotopic (exact) mass is 412 g/mol. The molecule has 0 aliphatic carbocycles. The fourth-order valence-electron chi connectivity index (χ4n) is 3.02. The van der Waals surface area contributed by atoms with Crippen LogP contribution in [0.25, 0.3) is 5.69 Å². The molecule has 0 aliphatic rings. The van der Waals surface area contributed by atoms with Crippen molar-refractivity contribution in [2.24, 2.45) is 0 Å². The molecule has 0 radical (unpaired) electrons. The Bertz CT molecular complexity index is 974. The zero-order valence-electron chi connectivity index (χ0n) is 16.6. The molecule has 0 saturated carbocycles. The predicted octanol–water partition coefficient (Wildman–Crippen LogP) is 5.50. The molecule has 2 aromatic carbocycles. The fraction of sp³-hybridized carbons (Fsp3) is 0.227. The highest BCUT2D eigenvalue weighted by Gasteiger charge is 2.24. The van der Waals surface area contributed by atoms with Crippen LogP contribution in [-0.4, -0.2) is 23.7 Å². The summed E-state index contributed by atoms with van der Waals surface area (Å²) >= 11 is 0. The molecule has 7 heteroatoms. The molecular weight excluding hydrogens is 387 g/mol. The Morgan fingerprint density at radius 2 is 1.55 bits per heavy atom. The summed E-state index contributed by atoms with van der Waals surface area (Å²) in [6.45, 7) is 4.23. The van der Waals surface area contributed by atoms with Crippen LogP contribution in [0.4, 0.5) is 5.69 Å². The maximum Gasteiger partial charge on any atom is 0.335 e. The van der Waals surface area contributed by atoms with E-state index in [1.165, 1.54) is 0 Å². The smallest absolute Gasteiger partial charge is 0.323 e. The van der Waals surface area contributed by atoms with Gasteiger partial charge in [-0.15, -0.1) is 0 Å². The second-order valence-corrected chi connectivity index (χ2v) is 8.42. The Balaban J connectivity index is 1.72. The summed E-state index contributed by atoms with van der Waals surface area (Å²) in [6, 6.07) is 18.5. The summed E-state index contributed by atoms with van der Waals surface area (Å²) in [7, 11) is -3.16. The lowest BCUT2D eigenvalue weighted by Gasteiger charge is -2.17. The van der Waals surface area contributed by atoms with Gasteiger partial charge in [-0.3, -0.25) is 9.36 Å². The van der Waals surface area contributed by atoms with E-state index in [1.807, 2.05) is 59.4 Å². The number of carbonyl (C=O) groups excluding carboxylic acids is 1. The lowest BCUT2D eigenvalue weighted by atomic mass is 10.1. The van der Waals surface area contributed by atoms with E-state index in [0.717, 1.165) is 11.3 Å². The van der Waals surface area contributed by atoms with Crippen molar-refractivity contribution in [1.29, 1.82) is 0 Å². The van der Waals surface area contributed by atoms with Crippen LogP contribution in [0.1, 0.15) is 29.8 Å². The number of aromatic nitrogens is 1. The number of nitrogens with zero attached hydrogens (tertiary/aromatic N) is 1. The minimum Gasteiger partial charge on any atom is -0.323 e. The van der Waals surface area contributed by atoms with Gasteiger partial charge in [-0.2, -0.15) is 0 Å². The molecule has 3 rings (SSSR count). The largest absolute Gasteiger partial charge is 0.335 e. The van der Waals surface area contributed by atoms with Crippen LogP contribution in [0.15, 0.2) is 73.1 Å². The first-order valence-electron chi connectivity index (χ1n) is 9.55. The second-order valence-electron chi connectivity index (χ2n) is 6.36. The quantitative estimate of drug-likeness (QED) is 0.472. The Morgan fingerprint density at radius 1 is 0.931 bits per heavy atom. The summed E-state index contributed by atoms with van der Waals surface area (Å²) in [4.78, 5) is 12.8. The average molecular weight is 412 g/mol. The number of hydrogen-bond acceptors (Lipinski definition) is 4. The van der Waals surface area contributed by atoms with Crippen LogP contribution in [0.2, 0.25) is 0 Å². The maximum absolute atomic E-state index is 12.8. The molecule has 1 heterocycles. The molecule has 29 heavy (non-hydrogen) atoms. The fourth-order valence-corrected chi connectivity index (χ4v) is 4.73. The molecule has 6 nitrogen and oxygen atoms in total. The number of carbonyl (C=O) groups is 1. The highest BCUT2D eigenvalue weighted by Crippen LogP contribution is 2.51. The first-order valence-corrected chi connectivity index (χ1v) is 11.3. The van der Waals surface area contributed by atoms with E-state index in [9.17, 15) is 9.36 Å². The minimum atomic E-state index is -3.16. The third-order valence-electron chi connectivity index (χ3n) is 4.27. The Morgan fingerprint density at radius 3 is 2.17 bits per heavy atom.